The molecule has 4 aromatic carbocycles. The maximum absolute atomic E-state index is 13.3. The fourth-order valence-electron chi connectivity index (χ4n) is 3.52. The van der Waals surface area contributed by atoms with Crippen molar-refractivity contribution in [2.45, 2.75) is 11.8 Å². The highest BCUT2D eigenvalue weighted by atomic mass is 32.2. The molecule has 4 rings (SSSR count). The second-order valence-electron chi connectivity index (χ2n) is 8.28. The summed E-state index contributed by atoms with van der Waals surface area (Å²) < 4.78 is 33.1. The van der Waals surface area contributed by atoms with E-state index in [4.69, 9.17) is 4.74 Å². The average Bonchev–Trinajstić information content (AvgIpc) is 2.93. The molecule has 0 radical (unpaired) electrons. The van der Waals surface area contributed by atoms with Crippen LogP contribution in [-0.2, 0) is 14.8 Å². The lowest BCUT2D eigenvalue weighted by Crippen LogP contribution is -2.39. The average molecular weight is 528 g/mol. The van der Waals surface area contributed by atoms with Gasteiger partial charge in [-0.1, -0.05) is 48.5 Å². The lowest BCUT2D eigenvalue weighted by molar-refractivity contribution is -0.119. The number of carbonyl (C=O) groups is 2. The Kier molecular flexibility index (Phi) is 8.30. The topological polar surface area (TPSA) is 105 Å². The van der Waals surface area contributed by atoms with Crippen molar-refractivity contribution in [3.8, 4) is 5.75 Å². The van der Waals surface area contributed by atoms with E-state index in [1.165, 1.54) is 18.3 Å². The van der Waals surface area contributed by atoms with E-state index in [2.05, 4.69) is 10.5 Å². The van der Waals surface area contributed by atoms with Crippen LogP contribution in [0.15, 0.2) is 119 Å². The number of amides is 1. The summed E-state index contributed by atoms with van der Waals surface area (Å²) in [6.07, 6.45) is 1.41. The number of hydrazone groups is 1. The molecule has 4 aromatic rings. The number of nitrogens with one attached hydrogen (secondary N) is 1. The molecule has 0 aromatic heterocycles. The van der Waals surface area contributed by atoms with Crippen LogP contribution in [-0.4, -0.2) is 33.1 Å². The second kappa shape index (κ2) is 12.0. The number of hydrogen-bond donors (Lipinski definition) is 1. The van der Waals surface area contributed by atoms with E-state index in [0.717, 1.165) is 9.87 Å². The van der Waals surface area contributed by atoms with Crippen LogP contribution in [0.25, 0.3) is 0 Å². The van der Waals surface area contributed by atoms with Crippen LogP contribution in [0, 0.1) is 6.92 Å². The second-order valence-corrected chi connectivity index (χ2v) is 10.1. The van der Waals surface area contributed by atoms with Crippen molar-refractivity contribution in [2.75, 3.05) is 10.8 Å². The third-order valence-corrected chi connectivity index (χ3v) is 7.20. The van der Waals surface area contributed by atoms with Crippen molar-refractivity contribution >= 4 is 33.8 Å². The molecule has 0 bridgehead atoms. The van der Waals surface area contributed by atoms with Gasteiger partial charge in [-0.25, -0.2) is 18.6 Å². The van der Waals surface area contributed by atoms with Crippen molar-refractivity contribution in [3.63, 3.8) is 0 Å². The number of benzene rings is 4. The standard InChI is InChI=1S/C29H25N3O5S/c1-22-9-8-12-25(19-22)32(38(35,36)27-13-6-3-7-14-27)21-28(33)31-30-20-23-15-17-26(18-16-23)37-29(34)24-10-4-2-5-11-24/h2-20H,21H2,1H3,(H,31,33)/b30-20+. The Morgan fingerprint density at radius 1 is 0.868 bits per heavy atom. The number of sulfonamides is 1. The molecule has 1 N–H and O–H groups in total. The van der Waals surface area contributed by atoms with Gasteiger partial charge in [0.15, 0.2) is 0 Å². The summed E-state index contributed by atoms with van der Waals surface area (Å²) in [6, 6.07) is 30.0. The molecule has 0 unspecified atom stereocenters. The minimum Gasteiger partial charge on any atom is -0.423 e. The van der Waals surface area contributed by atoms with Gasteiger partial charge in [0, 0.05) is 0 Å². The lowest BCUT2D eigenvalue weighted by Gasteiger charge is -2.24. The largest absolute Gasteiger partial charge is 0.423 e. The Labute approximate surface area is 221 Å². The zero-order valence-corrected chi connectivity index (χ0v) is 21.3. The molecular weight excluding hydrogens is 502 g/mol. The Hall–Kier alpha value is -4.76. The molecule has 0 heterocycles. The van der Waals surface area contributed by atoms with E-state index in [1.807, 2.05) is 19.1 Å². The van der Waals surface area contributed by atoms with Crippen molar-refractivity contribution in [1.29, 1.82) is 0 Å². The molecule has 0 aliphatic heterocycles. The van der Waals surface area contributed by atoms with E-state index in [1.54, 1.807) is 84.9 Å². The number of nitrogens with zero attached hydrogens (tertiary/aromatic N) is 2. The molecule has 9 heteroatoms. The van der Waals surface area contributed by atoms with E-state index in [-0.39, 0.29) is 4.90 Å². The quantitative estimate of drug-likeness (QED) is 0.149. The molecule has 38 heavy (non-hydrogen) atoms. The van der Waals surface area contributed by atoms with Gasteiger partial charge in [0.1, 0.15) is 12.3 Å². The van der Waals surface area contributed by atoms with E-state index in [0.29, 0.717) is 22.6 Å². The van der Waals surface area contributed by atoms with Crippen molar-refractivity contribution in [2.24, 2.45) is 5.10 Å². The number of ether oxygens (including phenoxy) is 1. The summed E-state index contributed by atoms with van der Waals surface area (Å²) in [5.74, 6) is -0.724. The van der Waals surface area contributed by atoms with Crippen LogP contribution in [0.2, 0.25) is 0 Å². The Morgan fingerprint density at radius 3 is 2.18 bits per heavy atom. The number of carbonyl (C=O) groups excluding carboxylic acids is 2. The predicted octanol–water partition coefficient (Wildman–Crippen LogP) is 4.56. The third kappa shape index (κ3) is 6.71. The molecule has 0 spiro atoms. The molecule has 0 fully saturated rings. The molecule has 0 saturated heterocycles. The van der Waals surface area contributed by atoms with Crippen LogP contribution in [0.4, 0.5) is 5.69 Å². The summed E-state index contributed by atoms with van der Waals surface area (Å²) >= 11 is 0. The summed E-state index contributed by atoms with van der Waals surface area (Å²) in [5, 5.41) is 3.95. The first-order valence-electron chi connectivity index (χ1n) is 11.7. The Bertz CT molecular complexity index is 1540. The molecule has 1 amide bonds. The maximum Gasteiger partial charge on any atom is 0.343 e. The van der Waals surface area contributed by atoms with Gasteiger partial charge >= 0.3 is 5.97 Å². The van der Waals surface area contributed by atoms with Crippen LogP contribution < -0.4 is 14.5 Å². The summed E-state index contributed by atoms with van der Waals surface area (Å²) in [4.78, 5) is 24.9. The van der Waals surface area contributed by atoms with Gasteiger partial charge in [0.05, 0.1) is 22.4 Å². The number of rotatable bonds is 9. The maximum atomic E-state index is 13.3. The lowest BCUT2D eigenvalue weighted by atomic mass is 10.2. The normalized spacial score (nSPS) is 11.2. The van der Waals surface area contributed by atoms with Crippen LogP contribution in [0.3, 0.4) is 0 Å². The zero-order valence-electron chi connectivity index (χ0n) is 20.5. The smallest absolute Gasteiger partial charge is 0.343 e. The molecular formula is C29H25N3O5S. The number of aryl methyl sites for hydroxylation is 1. The highest BCUT2D eigenvalue weighted by Gasteiger charge is 2.27. The minimum atomic E-state index is -4.00. The monoisotopic (exact) mass is 527 g/mol. The first kappa shape index (κ1) is 26.3. The molecule has 192 valence electrons. The minimum absolute atomic E-state index is 0.0749. The molecule has 0 aliphatic carbocycles. The van der Waals surface area contributed by atoms with Gasteiger partial charge in [0.25, 0.3) is 15.9 Å². The summed E-state index contributed by atoms with van der Waals surface area (Å²) in [7, 11) is -4.00. The fraction of sp³-hybridized carbons (Fsp3) is 0.0690. The molecule has 0 atom stereocenters. The van der Waals surface area contributed by atoms with E-state index in [9.17, 15) is 18.0 Å². The first-order chi connectivity index (χ1) is 18.3. The first-order valence-corrected chi connectivity index (χ1v) is 13.1. The number of anilines is 1. The van der Waals surface area contributed by atoms with Crippen molar-refractivity contribution < 1.29 is 22.7 Å². The summed E-state index contributed by atoms with van der Waals surface area (Å²) in [6.45, 7) is 1.38. The van der Waals surface area contributed by atoms with Gasteiger partial charge in [-0.3, -0.25) is 9.10 Å². The van der Waals surface area contributed by atoms with Gasteiger partial charge < -0.3 is 4.74 Å². The third-order valence-electron chi connectivity index (χ3n) is 5.41. The predicted molar refractivity (Wildman–Crippen MR) is 146 cm³/mol. The Balaban J connectivity index is 1.41. The number of esters is 1. The molecule has 0 saturated carbocycles. The van der Waals surface area contributed by atoms with Crippen LogP contribution in [0.5, 0.6) is 5.75 Å². The Morgan fingerprint density at radius 2 is 1.53 bits per heavy atom. The van der Waals surface area contributed by atoms with Crippen LogP contribution >= 0.6 is 0 Å². The van der Waals surface area contributed by atoms with Gasteiger partial charge in [0.2, 0.25) is 0 Å². The fourth-order valence-corrected chi connectivity index (χ4v) is 4.96. The van der Waals surface area contributed by atoms with E-state index < -0.39 is 28.4 Å². The highest BCUT2D eigenvalue weighted by molar-refractivity contribution is 7.92. The van der Waals surface area contributed by atoms with Crippen LogP contribution in [0.1, 0.15) is 21.5 Å². The SMILES string of the molecule is Cc1cccc(N(CC(=O)N/N=C/c2ccc(OC(=O)c3ccccc3)cc2)S(=O)(=O)c2ccccc2)c1. The van der Waals surface area contributed by atoms with Gasteiger partial charge in [-0.15, -0.1) is 0 Å². The number of hydrogen-bond acceptors (Lipinski definition) is 6. The van der Waals surface area contributed by atoms with Crippen molar-refractivity contribution in [3.05, 3.63) is 126 Å². The molecule has 0 aliphatic rings. The highest BCUT2D eigenvalue weighted by Crippen LogP contribution is 2.24. The van der Waals surface area contributed by atoms with Gasteiger partial charge in [-0.05, 0) is 78.7 Å². The zero-order chi connectivity index (χ0) is 27.0. The van der Waals surface area contributed by atoms with Crippen molar-refractivity contribution in [1.82, 2.24) is 5.43 Å². The van der Waals surface area contributed by atoms with Gasteiger partial charge in [-0.2, -0.15) is 5.10 Å². The molecule has 8 nitrogen and oxygen atoms in total. The van der Waals surface area contributed by atoms with E-state index >= 15 is 0 Å². The summed E-state index contributed by atoms with van der Waals surface area (Å²) in [5.41, 5.74) is 4.68.